The molecule has 1 heterocycles. The third-order valence-electron chi connectivity index (χ3n) is 3.95. The van der Waals surface area contributed by atoms with Crippen LogP contribution in [0.1, 0.15) is 24.2 Å². The van der Waals surface area contributed by atoms with Crippen LogP contribution < -0.4 is 14.8 Å². The zero-order chi connectivity index (χ0) is 17.5. The maximum absolute atomic E-state index is 12.4. The SMILES string of the molecule is COc1cc(OC)cc(C(=O)NCC2CN(CC(C)C)CCO2)c1. The Labute approximate surface area is 144 Å². The summed E-state index contributed by atoms with van der Waals surface area (Å²) >= 11 is 0. The average molecular weight is 336 g/mol. The van der Waals surface area contributed by atoms with Crippen LogP contribution in [0, 0.1) is 5.92 Å². The first-order valence-corrected chi connectivity index (χ1v) is 8.37. The first-order valence-electron chi connectivity index (χ1n) is 8.37. The molecule has 1 saturated heterocycles. The third kappa shape index (κ3) is 5.39. The Morgan fingerprint density at radius 2 is 1.96 bits per heavy atom. The number of carbonyl (C=O) groups excluding carboxylic acids is 1. The number of carbonyl (C=O) groups is 1. The highest BCUT2D eigenvalue weighted by atomic mass is 16.5. The third-order valence-corrected chi connectivity index (χ3v) is 3.95. The Morgan fingerprint density at radius 1 is 1.29 bits per heavy atom. The molecule has 1 aromatic rings. The van der Waals surface area contributed by atoms with Crippen molar-refractivity contribution in [1.29, 1.82) is 0 Å². The van der Waals surface area contributed by atoms with Crippen molar-refractivity contribution in [1.82, 2.24) is 10.2 Å². The van der Waals surface area contributed by atoms with Crippen molar-refractivity contribution in [2.45, 2.75) is 20.0 Å². The second kappa shape index (κ2) is 8.89. The number of hydrogen-bond donors (Lipinski definition) is 1. The van der Waals surface area contributed by atoms with Crippen LogP contribution in [0.15, 0.2) is 18.2 Å². The molecule has 134 valence electrons. The van der Waals surface area contributed by atoms with Crippen LogP contribution >= 0.6 is 0 Å². The number of nitrogens with one attached hydrogen (secondary N) is 1. The summed E-state index contributed by atoms with van der Waals surface area (Å²) in [5.74, 6) is 1.66. The minimum atomic E-state index is -0.156. The summed E-state index contributed by atoms with van der Waals surface area (Å²) < 4.78 is 16.2. The van der Waals surface area contributed by atoms with Crippen LogP contribution in [0.2, 0.25) is 0 Å². The molecule has 1 aliphatic heterocycles. The van der Waals surface area contributed by atoms with E-state index in [1.165, 1.54) is 0 Å². The lowest BCUT2D eigenvalue weighted by Gasteiger charge is -2.33. The van der Waals surface area contributed by atoms with Crippen molar-refractivity contribution in [3.8, 4) is 11.5 Å². The van der Waals surface area contributed by atoms with E-state index in [-0.39, 0.29) is 12.0 Å². The van der Waals surface area contributed by atoms with Crippen LogP contribution in [0.3, 0.4) is 0 Å². The monoisotopic (exact) mass is 336 g/mol. The number of hydrogen-bond acceptors (Lipinski definition) is 5. The van der Waals surface area contributed by atoms with Crippen molar-refractivity contribution < 1.29 is 19.0 Å². The standard InChI is InChI=1S/C18H28N2O4/c1-13(2)11-20-5-6-24-17(12-20)10-19-18(21)14-7-15(22-3)9-16(8-14)23-4/h7-9,13,17H,5-6,10-12H2,1-4H3,(H,19,21). The molecule has 0 saturated carbocycles. The van der Waals surface area contributed by atoms with Crippen LogP contribution in [-0.2, 0) is 4.74 Å². The summed E-state index contributed by atoms with van der Waals surface area (Å²) in [6.45, 7) is 8.48. The highest BCUT2D eigenvalue weighted by molar-refractivity contribution is 5.95. The zero-order valence-corrected chi connectivity index (χ0v) is 15.0. The van der Waals surface area contributed by atoms with E-state index in [2.05, 4.69) is 24.1 Å². The molecule has 24 heavy (non-hydrogen) atoms. The molecule has 1 atom stereocenters. The van der Waals surface area contributed by atoms with Crippen molar-refractivity contribution in [2.24, 2.45) is 5.92 Å². The van der Waals surface area contributed by atoms with Crippen molar-refractivity contribution in [3.05, 3.63) is 23.8 Å². The average Bonchev–Trinajstić information content (AvgIpc) is 2.58. The van der Waals surface area contributed by atoms with Gasteiger partial charge in [0, 0.05) is 37.8 Å². The van der Waals surface area contributed by atoms with Gasteiger partial charge in [-0.25, -0.2) is 0 Å². The van der Waals surface area contributed by atoms with Crippen LogP contribution in [0.25, 0.3) is 0 Å². The van der Waals surface area contributed by atoms with Gasteiger partial charge in [0.2, 0.25) is 0 Å². The van der Waals surface area contributed by atoms with Gasteiger partial charge in [0.1, 0.15) is 11.5 Å². The molecule has 0 radical (unpaired) electrons. The molecule has 6 nitrogen and oxygen atoms in total. The van der Waals surface area contributed by atoms with Gasteiger partial charge in [-0.2, -0.15) is 0 Å². The van der Waals surface area contributed by atoms with Crippen LogP contribution in [0.4, 0.5) is 0 Å². The van der Waals surface area contributed by atoms with E-state index in [1.807, 2.05) is 0 Å². The molecule has 0 bridgehead atoms. The van der Waals surface area contributed by atoms with Crippen molar-refractivity contribution >= 4 is 5.91 Å². The molecule has 6 heteroatoms. The first-order chi connectivity index (χ1) is 11.5. The minimum absolute atomic E-state index is 0.0222. The van der Waals surface area contributed by atoms with Crippen molar-refractivity contribution in [3.63, 3.8) is 0 Å². The summed E-state index contributed by atoms with van der Waals surface area (Å²) in [4.78, 5) is 14.8. The van der Waals surface area contributed by atoms with Gasteiger partial charge in [-0.3, -0.25) is 9.69 Å². The molecular formula is C18H28N2O4. The lowest BCUT2D eigenvalue weighted by atomic mass is 10.1. The summed E-state index contributed by atoms with van der Waals surface area (Å²) in [6.07, 6.45) is 0.0222. The lowest BCUT2D eigenvalue weighted by molar-refractivity contribution is -0.0295. The molecule has 1 amide bonds. The number of nitrogens with zero attached hydrogens (tertiary/aromatic N) is 1. The predicted octanol–water partition coefficient (Wildman–Crippen LogP) is 1.79. The maximum Gasteiger partial charge on any atom is 0.251 e. The fraction of sp³-hybridized carbons (Fsp3) is 0.611. The minimum Gasteiger partial charge on any atom is -0.497 e. The zero-order valence-electron chi connectivity index (χ0n) is 15.0. The molecule has 1 fully saturated rings. The van der Waals surface area contributed by atoms with Crippen LogP contribution in [-0.4, -0.2) is 63.9 Å². The second-order valence-electron chi connectivity index (χ2n) is 6.46. The number of ether oxygens (including phenoxy) is 3. The molecule has 2 rings (SSSR count). The molecule has 1 aromatic carbocycles. The number of amides is 1. The fourth-order valence-corrected chi connectivity index (χ4v) is 2.83. The van der Waals surface area contributed by atoms with E-state index in [0.29, 0.717) is 36.1 Å². The second-order valence-corrected chi connectivity index (χ2v) is 6.46. The van der Waals surface area contributed by atoms with E-state index < -0.39 is 0 Å². The smallest absolute Gasteiger partial charge is 0.251 e. The largest absolute Gasteiger partial charge is 0.497 e. The maximum atomic E-state index is 12.4. The van der Waals surface area contributed by atoms with Gasteiger partial charge in [-0.1, -0.05) is 13.8 Å². The Balaban J connectivity index is 1.90. The summed E-state index contributed by atoms with van der Waals surface area (Å²) in [6, 6.07) is 5.14. The first kappa shape index (κ1) is 18.5. The van der Waals surface area contributed by atoms with Gasteiger partial charge in [0.05, 0.1) is 26.9 Å². The lowest BCUT2D eigenvalue weighted by Crippen LogP contribution is -2.48. The van der Waals surface area contributed by atoms with Crippen LogP contribution in [0.5, 0.6) is 11.5 Å². The molecule has 1 N–H and O–H groups in total. The molecule has 1 unspecified atom stereocenters. The van der Waals surface area contributed by atoms with E-state index in [1.54, 1.807) is 32.4 Å². The normalized spacial score (nSPS) is 18.5. The van der Waals surface area contributed by atoms with Gasteiger partial charge >= 0.3 is 0 Å². The van der Waals surface area contributed by atoms with Gasteiger partial charge in [-0.05, 0) is 18.1 Å². The topological polar surface area (TPSA) is 60.0 Å². The fourth-order valence-electron chi connectivity index (χ4n) is 2.83. The number of morpholine rings is 1. The summed E-state index contributed by atoms with van der Waals surface area (Å²) in [5.41, 5.74) is 0.515. The Bertz CT molecular complexity index is 526. The van der Waals surface area contributed by atoms with Gasteiger partial charge in [0.25, 0.3) is 5.91 Å². The van der Waals surface area contributed by atoms with Gasteiger partial charge < -0.3 is 19.5 Å². The van der Waals surface area contributed by atoms with Crippen molar-refractivity contribution in [2.75, 3.05) is 47.0 Å². The van der Waals surface area contributed by atoms with Gasteiger partial charge in [-0.15, -0.1) is 0 Å². The summed E-state index contributed by atoms with van der Waals surface area (Å²) in [5, 5.41) is 2.94. The quantitative estimate of drug-likeness (QED) is 0.823. The van der Waals surface area contributed by atoms with E-state index in [4.69, 9.17) is 14.2 Å². The number of rotatable bonds is 7. The van der Waals surface area contributed by atoms with E-state index in [0.717, 1.165) is 19.6 Å². The predicted molar refractivity (Wildman–Crippen MR) is 92.9 cm³/mol. The Morgan fingerprint density at radius 3 is 2.54 bits per heavy atom. The van der Waals surface area contributed by atoms with Gasteiger partial charge in [0.15, 0.2) is 0 Å². The summed E-state index contributed by atoms with van der Waals surface area (Å²) in [7, 11) is 3.13. The molecule has 0 aromatic heterocycles. The highest BCUT2D eigenvalue weighted by Crippen LogP contribution is 2.22. The van der Waals surface area contributed by atoms with E-state index in [9.17, 15) is 4.79 Å². The Hall–Kier alpha value is -1.79. The van der Waals surface area contributed by atoms with E-state index >= 15 is 0 Å². The molecule has 0 aliphatic carbocycles. The molecule has 0 spiro atoms. The number of benzene rings is 1. The Kier molecular flexibility index (Phi) is 6.87. The molecular weight excluding hydrogens is 308 g/mol. The molecule has 1 aliphatic rings. The highest BCUT2D eigenvalue weighted by Gasteiger charge is 2.21. The number of methoxy groups -OCH3 is 2.